The van der Waals surface area contributed by atoms with E-state index in [9.17, 15) is 24.6 Å². The average molecular weight is 464 g/mol. The number of aliphatic hydroxyl groups is 2. The van der Waals surface area contributed by atoms with Crippen LogP contribution in [0.25, 0.3) is 0 Å². The summed E-state index contributed by atoms with van der Waals surface area (Å²) < 4.78 is 0. The van der Waals surface area contributed by atoms with Gasteiger partial charge in [-0.05, 0) is 42.0 Å². The molecule has 5 rings (SSSR count). The highest BCUT2D eigenvalue weighted by Gasteiger charge is 2.41. The van der Waals surface area contributed by atoms with Gasteiger partial charge in [-0.2, -0.15) is 0 Å². The fourth-order valence-corrected chi connectivity index (χ4v) is 5.47. The van der Waals surface area contributed by atoms with Gasteiger partial charge in [0.25, 0.3) is 5.91 Å². The van der Waals surface area contributed by atoms with Crippen molar-refractivity contribution in [3.63, 3.8) is 0 Å². The van der Waals surface area contributed by atoms with Gasteiger partial charge in [0.05, 0.1) is 18.2 Å². The van der Waals surface area contributed by atoms with Gasteiger partial charge in [0.2, 0.25) is 11.8 Å². The number of imide groups is 1. The first-order valence-electron chi connectivity index (χ1n) is 11.8. The maximum atomic E-state index is 12.9. The molecular formula is C26H29N3O5. The molecule has 2 aromatic carbocycles. The minimum atomic E-state index is -1.02. The summed E-state index contributed by atoms with van der Waals surface area (Å²) in [6.45, 7) is 1.57. The third kappa shape index (κ3) is 4.02. The van der Waals surface area contributed by atoms with Crippen LogP contribution in [0.2, 0.25) is 0 Å². The number of carbonyl (C=O) groups excluding carboxylic acids is 3. The average Bonchev–Trinajstić information content (AvgIpc) is 3.17. The van der Waals surface area contributed by atoms with E-state index in [1.807, 2.05) is 36.4 Å². The number of rotatable bonds is 5. The Morgan fingerprint density at radius 1 is 1.06 bits per heavy atom. The Balaban J connectivity index is 1.30. The van der Waals surface area contributed by atoms with Crippen molar-refractivity contribution in [2.24, 2.45) is 0 Å². The number of nitrogens with one attached hydrogen (secondary N) is 1. The molecule has 0 spiro atoms. The lowest BCUT2D eigenvalue weighted by Gasteiger charge is -2.41. The van der Waals surface area contributed by atoms with Crippen molar-refractivity contribution in [1.29, 1.82) is 0 Å². The van der Waals surface area contributed by atoms with E-state index >= 15 is 0 Å². The second-order valence-corrected chi connectivity index (χ2v) is 9.45. The van der Waals surface area contributed by atoms with Crippen molar-refractivity contribution in [3.8, 4) is 0 Å². The van der Waals surface area contributed by atoms with Gasteiger partial charge in [0.1, 0.15) is 6.04 Å². The smallest absolute Gasteiger partial charge is 0.255 e. The molecule has 2 fully saturated rings. The van der Waals surface area contributed by atoms with E-state index in [1.165, 1.54) is 4.90 Å². The molecule has 0 aliphatic carbocycles. The highest BCUT2D eigenvalue weighted by atomic mass is 16.3. The maximum Gasteiger partial charge on any atom is 0.255 e. The molecule has 8 heteroatoms. The van der Waals surface area contributed by atoms with Crippen molar-refractivity contribution in [2.75, 3.05) is 19.7 Å². The first-order valence-corrected chi connectivity index (χ1v) is 11.8. The van der Waals surface area contributed by atoms with Crippen LogP contribution in [0.4, 0.5) is 0 Å². The third-order valence-electron chi connectivity index (χ3n) is 7.48. The number of piperidine rings is 2. The van der Waals surface area contributed by atoms with Gasteiger partial charge in [-0.3, -0.25) is 24.6 Å². The molecule has 2 atom stereocenters. The van der Waals surface area contributed by atoms with Crippen molar-refractivity contribution >= 4 is 17.7 Å². The van der Waals surface area contributed by atoms with Crippen molar-refractivity contribution in [3.05, 3.63) is 70.8 Å². The fraction of sp³-hybridized carbons (Fsp3) is 0.423. The largest absolute Gasteiger partial charge is 0.394 e. The molecule has 3 amide bonds. The Morgan fingerprint density at radius 2 is 1.79 bits per heavy atom. The molecule has 8 nitrogen and oxygen atoms in total. The second-order valence-electron chi connectivity index (χ2n) is 9.45. The summed E-state index contributed by atoms with van der Waals surface area (Å²) in [7, 11) is 0. The van der Waals surface area contributed by atoms with Crippen LogP contribution in [-0.2, 0) is 21.7 Å². The standard InChI is InChI=1S/C26H29N3O5/c30-16-22(17-4-2-1-3-5-17)28-12-10-26(34,11-13-28)19-6-7-20-18(14-19)15-29(25(20)33)21-8-9-23(31)27-24(21)32/h1-7,14,21-22,30,34H,8-13,15-16H2,(H,27,31,32). The van der Waals surface area contributed by atoms with E-state index in [1.54, 1.807) is 12.1 Å². The maximum absolute atomic E-state index is 12.9. The van der Waals surface area contributed by atoms with Gasteiger partial charge in [0.15, 0.2) is 0 Å². The first-order chi connectivity index (χ1) is 16.4. The number of hydrogen-bond acceptors (Lipinski definition) is 6. The molecular weight excluding hydrogens is 434 g/mol. The van der Waals surface area contributed by atoms with Crippen LogP contribution in [0.15, 0.2) is 48.5 Å². The van der Waals surface area contributed by atoms with Gasteiger partial charge in [-0.15, -0.1) is 0 Å². The van der Waals surface area contributed by atoms with Gasteiger partial charge >= 0.3 is 0 Å². The normalized spacial score (nSPS) is 23.5. The summed E-state index contributed by atoms with van der Waals surface area (Å²) in [6, 6.07) is 14.6. The van der Waals surface area contributed by atoms with Crippen molar-refractivity contribution < 1.29 is 24.6 Å². The first kappa shape index (κ1) is 22.7. The van der Waals surface area contributed by atoms with Crippen LogP contribution in [0.1, 0.15) is 58.8 Å². The Kier molecular flexibility index (Phi) is 5.97. The van der Waals surface area contributed by atoms with Crippen molar-refractivity contribution in [2.45, 2.75) is 49.9 Å². The fourth-order valence-electron chi connectivity index (χ4n) is 5.47. The molecule has 3 aliphatic heterocycles. The van der Waals surface area contributed by atoms with Gasteiger partial charge < -0.3 is 15.1 Å². The molecule has 34 heavy (non-hydrogen) atoms. The van der Waals surface area contributed by atoms with Gasteiger partial charge in [-0.1, -0.05) is 42.5 Å². The summed E-state index contributed by atoms with van der Waals surface area (Å²) in [5.74, 6) is -0.955. The molecule has 3 heterocycles. The Bertz CT molecular complexity index is 1110. The summed E-state index contributed by atoms with van der Waals surface area (Å²) in [6.07, 6.45) is 1.57. The van der Waals surface area contributed by atoms with Gasteiger partial charge in [0, 0.05) is 31.6 Å². The van der Waals surface area contributed by atoms with Crippen LogP contribution in [0.5, 0.6) is 0 Å². The number of nitrogens with zero attached hydrogens (tertiary/aromatic N) is 2. The molecule has 0 aromatic heterocycles. The van der Waals surface area contributed by atoms with E-state index in [2.05, 4.69) is 10.2 Å². The van der Waals surface area contributed by atoms with Gasteiger partial charge in [-0.25, -0.2) is 0 Å². The predicted octanol–water partition coefficient (Wildman–Crippen LogP) is 1.46. The zero-order chi connectivity index (χ0) is 23.9. The highest BCUT2D eigenvalue weighted by molar-refractivity contribution is 6.05. The molecule has 2 saturated heterocycles. The minimum Gasteiger partial charge on any atom is -0.394 e. The van der Waals surface area contributed by atoms with Crippen LogP contribution in [0, 0.1) is 0 Å². The molecule has 3 N–H and O–H groups in total. The van der Waals surface area contributed by atoms with Crippen LogP contribution in [-0.4, -0.2) is 63.5 Å². The van der Waals surface area contributed by atoms with E-state index in [-0.39, 0.29) is 37.4 Å². The summed E-state index contributed by atoms with van der Waals surface area (Å²) in [5.41, 5.74) is 2.14. The van der Waals surface area contributed by atoms with Crippen LogP contribution in [0.3, 0.4) is 0 Å². The van der Waals surface area contributed by atoms with Crippen molar-refractivity contribution in [1.82, 2.24) is 15.1 Å². The SMILES string of the molecule is O=C1CCC(N2Cc3cc(C4(O)CCN(C(CO)c5ccccc5)CC4)ccc3C2=O)C(=O)N1. The summed E-state index contributed by atoms with van der Waals surface area (Å²) in [5, 5.41) is 23.8. The molecule has 0 saturated carbocycles. The lowest BCUT2D eigenvalue weighted by atomic mass is 9.82. The summed E-state index contributed by atoms with van der Waals surface area (Å²) in [4.78, 5) is 40.4. The molecule has 178 valence electrons. The molecule has 0 radical (unpaired) electrons. The molecule has 3 aliphatic rings. The lowest BCUT2D eigenvalue weighted by Crippen LogP contribution is -2.52. The number of amides is 3. The van der Waals surface area contributed by atoms with E-state index < -0.39 is 17.6 Å². The molecule has 2 unspecified atom stereocenters. The number of fused-ring (bicyclic) bond motifs is 1. The van der Waals surface area contributed by atoms with Crippen LogP contribution < -0.4 is 5.32 Å². The number of aliphatic hydroxyl groups excluding tert-OH is 1. The number of carbonyl (C=O) groups is 3. The quantitative estimate of drug-likeness (QED) is 0.580. The monoisotopic (exact) mass is 463 g/mol. The molecule has 2 aromatic rings. The number of benzene rings is 2. The number of hydrogen-bond donors (Lipinski definition) is 3. The topological polar surface area (TPSA) is 110 Å². The lowest BCUT2D eigenvalue weighted by molar-refractivity contribution is -0.136. The van der Waals surface area contributed by atoms with Crippen LogP contribution >= 0.6 is 0 Å². The molecule has 0 bridgehead atoms. The Labute approximate surface area is 198 Å². The Hall–Kier alpha value is -3.07. The third-order valence-corrected chi connectivity index (χ3v) is 7.48. The van der Waals surface area contributed by atoms with E-state index in [0.717, 1.165) is 16.7 Å². The zero-order valence-corrected chi connectivity index (χ0v) is 18.9. The minimum absolute atomic E-state index is 0.0135. The second kappa shape index (κ2) is 8.94. The van der Waals surface area contributed by atoms with E-state index in [4.69, 9.17) is 0 Å². The number of likely N-dealkylation sites (tertiary alicyclic amines) is 1. The highest BCUT2D eigenvalue weighted by Crippen LogP contribution is 2.38. The zero-order valence-electron chi connectivity index (χ0n) is 18.9. The Morgan fingerprint density at radius 3 is 2.47 bits per heavy atom. The van der Waals surface area contributed by atoms with E-state index in [0.29, 0.717) is 37.9 Å². The summed E-state index contributed by atoms with van der Waals surface area (Å²) >= 11 is 0. The predicted molar refractivity (Wildman–Crippen MR) is 123 cm³/mol.